The average molecular weight is 316 g/mol. The van der Waals surface area contributed by atoms with Crippen LogP contribution in [0.1, 0.15) is 18.4 Å². The molecule has 0 radical (unpaired) electrons. The van der Waals surface area contributed by atoms with Gasteiger partial charge < -0.3 is 24.1 Å². The Balaban J connectivity index is 1.69. The van der Waals surface area contributed by atoms with Crippen LogP contribution >= 0.6 is 0 Å². The van der Waals surface area contributed by atoms with Gasteiger partial charge in [0.05, 0.1) is 19.8 Å². The van der Waals surface area contributed by atoms with Crippen molar-refractivity contribution in [2.24, 2.45) is 0 Å². The smallest absolute Gasteiger partial charge is 0.139 e. The summed E-state index contributed by atoms with van der Waals surface area (Å²) in [6, 6.07) is 6.80. The quantitative estimate of drug-likeness (QED) is 0.792. The van der Waals surface area contributed by atoms with Crippen LogP contribution in [-0.4, -0.2) is 58.9 Å². The molecule has 4 rings (SSSR count). The van der Waals surface area contributed by atoms with Gasteiger partial charge in [0, 0.05) is 49.6 Å². The fourth-order valence-corrected chi connectivity index (χ4v) is 4.23. The first-order chi connectivity index (χ1) is 11.3. The summed E-state index contributed by atoms with van der Waals surface area (Å²) < 4.78 is 11.0. The second-order valence-corrected chi connectivity index (χ2v) is 6.74. The highest BCUT2D eigenvalue weighted by atomic mass is 16.5. The van der Waals surface area contributed by atoms with Crippen LogP contribution in [0.25, 0.3) is 0 Å². The third-order valence-electron chi connectivity index (χ3n) is 5.51. The SMILES string of the molecule is O=CCN1CC2(CCOCC2)c2ccc(N3CCOCC3)cc21. The van der Waals surface area contributed by atoms with Crippen molar-refractivity contribution in [3.8, 4) is 0 Å². The Labute approximate surface area is 137 Å². The van der Waals surface area contributed by atoms with Crippen molar-refractivity contribution in [2.45, 2.75) is 18.3 Å². The summed E-state index contributed by atoms with van der Waals surface area (Å²) in [5.74, 6) is 0. The van der Waals surface area contributed by atoms with Crippen molar-refractivity contribution in [3.63, 3.8) is 0 Å². The summed E-state index contributed by atoms with van der Waals surface area (Å²) in [4.78, 5) is 15.8. The number of hydrogen-bond donors (Lipinski definition) is 0. The van der Waals surface area contributed by atoms with Gasteiger partial charge in [-0.05, 0) is 30.5 Å². The highest BCUT2D eigenvalue weighted by Gasteiger charge is 2.43. The lowest BCUT2D eigenvalue weighted by atomic mass is 9.76. The van der Waals surface area contributed by atoms with E-state index in [-0.39, 0.29) is 5.41 Å². The van der Waals surface area contributed by atoms with Crippen molar-refractivity contribution in [1.29, 1.82) is 0 Å². The zero-order valence-corrected chi connectivity index (χ0v) is 13.5. The molecule has 0 saturated carbocycles. The maximum absolute atomic E-state index is 11.1. The van der Waals surface area contributed by atoms with Gasteiger partial charge in [-0.15, -0.1) is 0 Å². The molecule has 1 aromatic carbocycles. The van der Waals surface area contributed by atoms with Gasteiger partial charge >= 0.3 is 0 Å². The second-order valence-electron chi connectivity index (χ2n) is 6.74. The molecule has 0 unspecified atom stereocenters. The van der Waals surface area contributed by atoms with Crippen molar-refractivity contribution in [1.82, 2.24) is 0 Å². The van der Waals surface area contributed by atoms with Crippen molar-refractivity contribution >= 4 is 17.7 Å². The molecule has 1 aromatic rings. The summed E-state index contributed by atoms with van der Waals surface area (Å²) in [6.45, 7) is 6.50. The third-order valence-corrected chi connectivity index (χ3v) is 5.51. The number of benzene rings is 1. The lowest BCUT2D eigenvalue weighted by molar-refractivity contribution is -0.106. The molecule has 0 bridgehead atoms. The Morgan fingerprint density at radius 2 is 1.83 bits per heavy atom. The highest BCUT2D eigenvalue weighted by molar-refractivity contribution is 5.73. The minimum Gasteiger partial charge on any atom is -0.381 e. The highest BCUT2D eigenvalue weighted by Crippen LogP contribution is 2.47. The average Bonchev–Trinajstić information content (AvgIpc) is 2.90. The molecular formula is C18H24N2O3. The Bertz CT molecular complexity index is 578. The number of hydrogen-bond acceptors (Lipinski definition) is 5. The number of morpholine rings is 1. The molecule has 3 aliphatic rings. The normalized spacial score (nSPS) is 23.1. The number of anilines is 2. The number of nitrogens with zero attached hydrogens (tertiary/aromatic N) is 2. The maximum atomic E-state index is 11.1. The molecule has 0 aliphatic carbocycles. The van der Waals surface area contributed by atoms with Crippen LogP contribution in [0.2, 0.25) is 0 Å². The molecule has 23 heavy (non-hydrogen) atoms. The number of fused-ring (bicyclic) bond motifs is 2. The van der Waals surface area contributed by atoms with E-state index in [4.69, 9.17) is 9.47 Å². The lowest BCUT2D eigenvalue weighted by Crippen LogP contribution is -2.39. The standard InChI is InChI=1S/C18H24N2O3/c21-8-5-20-14-18(3-9-22-10-4-18)16-2-1-15(13-17(16)20)19-6-11-23-12-7-19/h1-2,8,13H,3-7,9-12,14H2. The topological polar surface area (TPSA) is 42.0 Å². The molecule has 0 atom stereocenters. The summed E-state index contributed by atoms with van der Waals surface area (Å²) in [5, 5.41) is 0. The van der Waals surface area contributed by atoms with Gasteiger partial charge in [-0.2, -0.15) is 0 Å². The first kappa shape index (κ1) is 15.0. The summed E-state index contributed by atoms with van der Waals surface area (Å²) >= 11 is 0. The van der Waals surface area contributed by atoms with E-state index in [9.17, 15) is 4.79 Å². The van der Waals surface area contributed by atoms with E-state index in [1.54, 1.807) is 0 Å². The van der Waals surface area contributed by atoms with Gasteiger partial charge in [-0.25, -0.2) is 0 Å². The Morgan fingerprint density at radius 3 is 2.57 bits per heavy atom. The number of ether oxygens (including phenoxy) is 2. The zero-order chi connectivity index (χ0) is 15.7. The predicted octanol–water partition coefficient (Wildman–Crippen LogP) is 1.59. The van der Waals surface area contributed by atoms with E-state index in [1.165, 1.54) is 16.9 Å². The molecule has 1 spiro atoms. The van der Waals surface area contributed by atoms with Crippen LogP contribution in [0.5, 0.6) is 0 Å². The van der Waals surface area contributed by atoms with Gasteiger partial charge in [-0.3, -0.25) is 0 Å². The van der Waals surface area contributed by atoms with E-state index in [1.807, 2.05) is 0 Å². The fourth-order valence-electron chi connectivity index (χ4n) is 4.23. The summed E-state index contributed by atoms with van der Waals surface area (Å²) in [6.07, 6.45) is 3.11. The molecule has 124 valence electrons. The van der Waals surface area contributed by atoms with Crippen LogP contribution in [0.3, 0.4) is 0 Å². The zero-order valence-electron chi connectivity index (χ0n) is 13.5. The number of carbonyl (C=O) groups excluding carboxylic acids is 1. The molecule has 2 saturated heterocycles. The van der Waals surface area contributed by atoms with E-state index in [2.05, 4.69) is 28.0 Å². The molecule has 0 amide bonds. The van der Waals surface area contributed by atoms with Gasteiger partial charge in [0.2, 0.25) is 0 Å². The van der Waals surface area contributed by atoms with E-state index >= 15 is 0 Å². The van der Waals surface area contributed by atoms with Crippen LogP contribution in [0.15, 0.2) is 18.2 Å². The van der Waals surface area contributed by atoms with Crippen LogP contribution in [-0.2, 0) is 19.7 Å². The van der Waals surface area contributed by atoms with Crippen molar-refractivity contribution in [2.75, 3.05) is 62.4 Å². The van der Waals surface area contributed by atoms with Crippen LogP contribution in [0.4, 0.5) is 11.4 Å². The molecule has 5 nitrogen and oxygen atoms in total. The minimum atomic E-state index is 0.167. The number of rotatable bonds is 3. The van der Waals surface area contributed by atoms with E-state index < -0.39 is 0 Å². The summed E-state index contributed by atoms with van der Waals surface area (Å²) in [7, 11) is 0. The first-order valence-electron chi connectivity index (χ1n) is 8.56. The van der Waals surface area contributed by atoms with Crippen molar-refractivity contribution < 1.29 is 14.3 Å². The van der Waals surface area contributed by atoms with Gasteiger partial charge in [0.15, 0.2) is 0 Å². The van der Waals surface area contributed by atoms with E-state index in [0.717, 1.165) is 65.2 Å². The monoisotopic (exact) mass is 316 g/mol. The van der Waals surface area contributed by atoms with E-state index in [0.29, 0.717) is 6.54 Å². The molecule has 0 N–H and O–H groups in total. The molecule has 3 aliphatic heterocycles. The summed E-state index contributed by atoms with van der Waals surface area (Å²) in [5.41, 5.74) is 4.05. The Kier molecular flexibility index (Phi) is 3.99. The third kappa shape index (κ3) is 2.62. The number of carbonyl (C=O) groups is 1. The minimum absolute atomic E-state index is 0.167. The Hall–Kier alpha value is -1.59. The molecule has 5 heteroatoms. The van der Waals surface area contributed by atoms with Crippen molar-refractivity contribution in [3.05, 3.63) is 23.8 Å². The van der Waals surface area contributed by atoms with Gasteiger partial charge in [0.25, 0.3) is 0 Å². The molecular weight excluding hydrogens is 292 g/mol. The first-order valence-corrected chi connectivity index (χ1v) is 8.56. The maximum Gasteiger partial charge on any atom is 0.139 e. The predicted molar refractivity (Wildman–Crippen MR) is 89.5 cm³/mol. The van der Waals surface area contributed by atoms with Crippen LogP contribution < -0.4 is 9.80 Å². The molecule has 0 aromatic heterocycles. The second kappa shape index (κ2) is 6.13. The molecule has 2 fully saturated rings. The fraction of sp³-hybridized carbons (Fsp3) is 0.611. The van der Waals surface area contributed by atoms with Gasteiger partial charge in [-0.1, -0.05) is 6.07 Å². The van der Waals surface area contributed by atoms with Crippen LogP contribution in [0, 0.1) is 0 Å². The Morgan fingerprint density at radius 1 is 1.09 bits per heavy atom. The largest absolute Gasteiger partial charge is 0.381 e. The van der Waals surface area contributed by atoms with Gasteiger partial charge in [0.1, 0.15) is 6.29 Å². The molecule has 3 heterocycles. The number of aldehydes is 1. The lowest BCUT2D eigenvalue weighted by Gasteiger charge is -2.34.